The highest BCUT2D eigenvalue weighted by molar-refractivity contribution is 6.00. The third kappa shape index (κ3) is 5.02. The maximum Gasteiger partial charge on any atom is 0.262 e. The summed E-state index contributed by atoms with van der Waals surface area (Å²) >= 11 is 0. The number of fused-ring (bicyclic) bond motifs is 2. The van der Waals surface area contributed by atoms with E-state index in [0.29, 0.717) is 46.1 Å². The predicted octanol–water partition coefficient (Wildman–Crippen LogP) is 3.40. The fourth-order valence-corrected chi connectivity index (χ4v) is 4.55. The van der Waals surface area contributed by atoms with Crippen molar-refractivity contribution in [2.75, 3.05) is 24.4 Å². The van der Waals surface area contributed by atoms with Gasteiger partial charge in [-0.2, -0.15) is 0 Å². The molecule has 0 bridgehead atoms. The fourth-order valence-electron chi connectivity index (χ4n) is 4.55. The van der Waals surface area contributed by atoms with Gasteiger partial charge in [-0.15, -0.1) is 0 Å². The minimum Gasteiger partial charge on any atom is -0.481 e. The van der Waals surface area contributed by atoms with Gasteiger partial charge in [0, 0.05) is 42.4 Å². The first kappa shape index (κ1) is 23.0. The van der Waals surface area contributed by atoms with Gasteiger partial charge in [0.05, 0.1) is 24.0 Å². The Labute approximate surface area is 201 Å². The standard InChI is InChI=1S/C25H26FN5O4/c1-34-23-7-6-18-24(31-23)19(8-9-27-18)30-25(33)14-2-4-16(5-3-14)28-12-15-10-20-21(11-17(15)26)35-13-22(32)29-20/h6-11,14,16,28H,2-5,12-13H2,1H3,(H,29,32)(H,27,30,33)/t14-,16-. The van der Waals surface area contributed by atoms with Crippen LogP contribution in [0.5, 0.6) is 11.6 Å². The van der Waals surface area contributed by atoms with Gasteiger partial charge in [-0.25, -0.2) is 9.37 Å². The van der Waals surface area contributed by atoms with Crippen LogP contribution >= 0.6 is 0 Å². The summed E-state index contributed by atoms with van der Waals surface area (Å²) in [7, 11) is 1.54. The largest absolute Gasteiger partial charge is 0.481 e. The number of nitrogens with one attached hydrogen (secondary N) is 3. The molecule has 35 heavy (non-hydrogen) atoms. The number of hydrogen-bond donors (Lipinski definition) is 3. The highest BCUT2D eigenvalue weighted by Crippen LogP contribution is 2.31. The lowest BCUT2D eigenvalue weighted by Crippen LogP contribution is -2.36. The third-order valence-corrected chi connectivity index (χ3v) is 6.49. The normalized spacial score (nSPS) is 19.4. The lowest BCUT2D eigenvalue weighted by atomic mass is 9.85. The van der Waals surface area contributed by atoms with Crippen LogP contribution in [-0.4, -0.2) is 41.5 Å². The predicted molar refractivity (Wildman–Crippen MR) is 128 cm³/mol. The first-order chi connectivity index (χ1) is 17.0. The van der Waals surface area contributed by atoms with Crippen LogP contribution in [0, 0.1) is 11.7 Å². The highest BCUT2D eigenvalue weighted by atomic mass is 19.1. The fraction of sp³-hybridized carbons (Fsp3) is 0.360. The van der Waals surface area contributed by atoms with Gasteiger partial charge in [0.1, 0.15) is 17.1 Å². The van der Waals surface area contributed by atoms with Crippen LogP contribution in [0.3, 0.4) is 0 Å². The van der Waals surface area contributed by atoms with Gasteiger partial charge >= 0.3 is 0 Å². The molecule has 3 aromatic rings. The molecule has 5 rings (SSSR count). The van der Waals surface area contributed by atoms with Crippen LogP contribution < -0.4 is 25.4 Å². The van der Waals surface area contributed by atoms with Crippen LogP contribution in [0.25, 0.3) is 11.0 Å². The first-order valence-electron chi connectivity index (χ1n) is 11.6. The topological polar surface area (TPSA) is 114 Å². The number of carbonyl (C=O) groups excluding carboxylic acids is 2. The van der Waals surface area contributed by atoms with Crippen LogP contribution in [0.4, 0.5) is 15.8 Å². The Bertz CT molecular complexity index is 1280. The molecule has 2 aliphatic rings. The molecule has 1 aliphatic heterocycles. The van der Waals surface area contributed by atoms with E-state index in [1.165, 1.54) is 6.07 Å². The first-order valence-corrected chi connectivity index (χ1v) is 11.6. The second-order valence-corrected chi connectivity index (χ2v) is 8.78. The van der Waals surface area contributed by atoms with Crippen molar-refractivity contribution in [2.45, 2.75) is 38.3 Å². The van der Waals surface area contributed by atoms with E-state index in [0.717, 1.165) is 25.7 Å². The number of amides is 2. The molecule has 1 fully saturated rings. The number of benzene rings is 1. The molecule has 2 aromatic heterocycles. The van der Waals surface area contributed by atoms with E-state index in [2.05, 4.69) is 25.9 Å². The molecule has 0 saturated heterocycles. The number of rotatable bonds is 6. The van der Waals surface area contributed by atoms with Gasteiger partial charge < -0.3 is 25.4 Å². The van der Waals surface area contributed by atoms with Gasteiger partial charge in [-0.05, 0) is 43.9 Å². The second-order valence-electron chi connectivity index (χ2n) is 8.78. The number of aromatic nitrogens is 2. The monoisotopic (exact) mass is 479 g/mol. The van der Waals surface area contributed by atoms with Gasteiger partial charge in [0.2, 0.25) is 11.8 Å². The Kier molecular flexibility index (Phi) is 6.45. The lowest BCUT2D eigenvalue weighted by molar-refractivity contribution is -0.121. The van der Waals surface area contributed by atoms with Crippen LogP contribution in [0.2, 0.25) is 0 Å². The summed E-state index contributed by atoms with van der Waals surface area (Å²) in [5.41, 5.74) is 2.82. The van der Waals surface area contributed by atoms with Crippen molar-refractivity contribution in [2.24, 2.45) is 5.92 Å². The van der Waals surface area contributed by atoms with Crippen LogP contribution in [-0.2, 0) is 16.1 Å². The zero-order valence-electron chi connectivity index (χ0n) is 19.3. The van der Waals surface area contributed by atoms with Gasteiger partial charge in [0.25, 0.3) is 5.91 Å². The summed E-state index contributed by atoms with van der Waals surface area (Å²) in [4.78, 5) is 33.2. The molecule has 0 unspecified atom stereocenters. The second kappa shape index (κ2) is 9.83. The minimum atomic E-state index is -0.379. The summed E-state index contributed by atoms with van der Waals surface area (Å²) in [6.07, 6.45) is 4.69. The van der Waals surface area contributed by atoms with Crippen molar-refractivity contribution in [3.63, 3.8) is 0 Å². The quantitative estimate of drug-likeness (QED) is 0.496. The molecular weight excluding hydrogens is 453 g/mol. The van der Waals surface area contributed by atoms with E-state index in [9.17, 15) is 14.0 Å². The van der Waals surface area contributed by atoms with Crippen molar-refractivity contribution in [1.29, 1.82) is 0 Å². The van der Waals surface area contributed by atoms with Gasteiger partial charge in [-0.3, -0.25) is 14.6 Å². The molecule has 9 nitrogen and oxygen atoms in total. The molecule has 182 valence electrons. The molecule has 1 aliphatic carbocycles. The molecule has 3 N–H and O–H groups in total. The molecule has 1 saturated carbocycles. The summed E-state index contributed by atoms with van der Waals surface area (Å²) in [6, 6.07) is 8.36. The molecule has 0 spiro atoms. The molecule has 10 heteroatoms. The van der Waals surface area contributed by atoms with Gasteiger partial charge in [-0.1, -0.05) is 0 Å². The average molecular weight is 480 g/mol. The van der Waals surface area contributed by atoms with Crippen molar-refractivity contribution >= 4 is 34.2 Å². The Morgan fingerprint density at radius 1 is 1.23 bits per heavy atom. The number of halogens is 1. The lowest BCUT2D eigenvalue weighted by Gasteiger charge is -2.29. The number of nitrogens with zero attached hydrogens (tertiary/aromatic N) is 2. The number of hydrogen-bond acceptors (Lipinski definition) is 7. The molecule has 2 amide bonds. The van der Waals surface area contributed by atoms with Crippen molar-refractivity contribution < 1.29 is 23.5 Å². The maximum atomic E-state index is 14.5. The number of pyridine rings is 2. The zero-order chi connectivity index (χ0) is 24.4. The summed E-state index contributed by atoms with van der Waals surface area (Å²) in [6.45, 7) is 0.218. The third-order valence-electron chi connectivity index (χ3n) is 6.49. The molecular formula is C25H26FN5O4. The van der Waals surface area contributed by atoms with E-state index in [1.54, 1.807) is 37.6 Å². The van der Waals surface area contributed by atoms with Crippen molar-refractivity contribution in [1.82, 2.24) is 15.3 Å². The summed E-state index contributed by atoms with van der Waals surface area (Å²) < 4.78 is 24.9. The number of methoxy groups -OCH3 is 1. The van der Waals surface area contributed by atoms with E-state index >= 15 is 0 Å². The molecule has 0 atom stereocenters. The van der Waals surface area contributed by atoms with Gasteiger partial charge in [0.15, 0.2) is 6.61 Å². The van der Waals surface area contributed by atoms with Crippen molar-refractivity contribution in [3.8, 4) is 11.6 Å². The number of ether oxygens (including phenoxy) is 2. The Balaban J connectivity index is 1.16. The average Bonchev–Trinajstić information content (AvgIpc) is 2.88. The van der Waals surface area contributed by atoms with Crippen molar-refractivity contribution in [3.05, 3.63) is 47.9 Å². The zero-order valence-corrected chi connectivity index (χ0v) is 19.3. The smallest absolute Gasteiger partial charge is 0.262 e. The Morgan fingerprint density at radius 2 is 2.06 bits per heavy atom. The summed E-state index contributed by atoms with van der Waals surface area (Å²) in [5, 5.41) is 9.09. The molecule has 0 radical (unpaired) electrons. The number of carbonyl (C=O) groups is 2. The SMILES string of the molecule is COc1ccc2nccc(NC(=O)[C@H]3CC[C@H](NCc4cc5c(cc4F)OCC(=O)N5)CC3)c2n1. The van der Waals surface area contributed by atoms with E-state index in [4.69, 9.17) is 9.47 Å². The van der Waals surface area contributed by atoms with Crippen LogP contribution in [0.1, 0.15) is 31.2 Å². The maximum absolute atomic E-state index is 14.5. The number of anilines is 2. The highest BCUT2D eigenvalue weighted by Gasteiger charge is 2.27. The summed E-state index contributed by atoms with van der Waals surface area (Å²) in [5.74, 6) is 0.00202. The Hall–Kier alpha value is -3.79. The molecule has 1 aromatic carbocycles. The minimum absolute atomic E-state index is 0.0444. The van der Waals surface area contributed by atoms with E-state index in [-0.39, 0.29) is 36.2 Å². The molecule has 3 heterocycles. The van der Waals surface area contributed by atoms with Crippen LogP contribution in [0.15, 0.2) is 36.5 Å². The Morgan fingerprint density at radius 3 is 2.86 bits per heavy atom. The van der Waals surface area contributed by atoms with E-state index < -0.39 is 0 Å². The van der Waals surface area contributed by atoms with E-state index in [1.807, 2.05) is 0 Å².